The van der Waals surface area contributed by atoms with Crippen LogP contribution in [0.5, 0.6) is 0 Å². The first-order valence-electron chi connectivity index (χ1n) is 22.5. The maximum Gasteiger partial charge on any atom is 0.0553 e. The van der Waals surface area contributed by atoms with Crippen molar-refractivity contribution in [2.24, 2.45) is 35.5 Å². The van der Waals surface area contributed by atoms with Crippen molar-refractivity contribution in [2.45, 2.75) is 142 Å². The maximum atomic E-state index is 2.87. The Morgan fingerprint density at radius 1 is 0.673 bits per heavy atom. The Morgan fingerprint density at radius 2 is 1.31 bits per heavy atom. The van der Waals surface area contributed by atoms with Crippen molar-refractivity contribution in [3.8, 4) is 11.1 Å². The van der Waals surface area contributed by atoms with Crippen LogP contribution in [-0.4, -0.2) is 8.07 Å². The molecule has 7 rings (SSSR count). The number of unbranched alkanes of at least 4 members (excludes halogenated alkanes) is 4. The molecule has 0 aromatic heterocycles. The Kier molecular flexibility index (Phi) is 12.2. The highest BCUT2D eigenvalue weighted by molar-refractivity contribution is 6.80. The summed E-state index contributed by atoms with van der Waals surface area (Å²) < 4.78 is 0. The lowest BCUT2D eigenvalue weighted by molar-refractivity contribution is 0.433. The normalized spacial score (nSPS) is 27.5. The van der Waals surface area contributed by atoms with E-state index >= 15 is 0 Å². The lowest BCUT2D eigenvalue weighted by atomic mass is 9.76. The van der Waals surface area contributed by atoms with Crippen LogP contribution in [0.4, 0.5) is 0 Å². The van der Waals surface area contributed by atoms with Crippen LogP contribution < -0.4 is 0 Å². The van der Waals surface area contributed by atoms with E-state index in [0.29, 0.717) is 23.7 Å². The van der Waals surface area contributed by atoms with Gasteiger partial charge in [0, 0.05) is 0 Å². The SMILES string of the molecule is CCCCCCC1CC2C(c3ccccc3-c3ccccc3)=CC=CC2C1[Si](C)(C)C1C(C)CC2C(c3cc(CCCC)c(C)c(C(C)(C)C)c3)=CC=CC21. The molecule has 55 heavy (non-hydrogen) atoms. The van der Waals surface area contributed by atoms with Gasteiger partial charge in [-0.1, -0.05) is 196 Å². The van der Waals surface area contributed by atoms with Gasteiger partial charge in [-0.2, -0.15) is 0 Å². The summed E-state index contributed by atoms with van der Waals surface area (Å²) >= 11 is 0. The van der Waals surface area contributed by atoms with E-state index < -0.39 is 8.07 Å². The molecule has 0 bridgehead atoms. The lowest BCUT2D eigenvalue weighted by Gasteiger charge is -2.46. The third-order valence-electron chi connectivity index (χ3n) is 15.0. The zero-order valence-electron chi connectivity index (χ0n) is 36.0. The summed E-state index contributed by atoms with van der Waals surface area (Å²) in [6.07, 6.45) is 28.6. The van der Waals surface area contributed by atoms with Crippen LogP contribution in [0.15, 0.2) is 103 Å². The van der Waals surface area contributed by atoms with Crippen molar-refractivity contribution in [3.05, 3.63) is 131 Å². The molecule has 292 valence electrons. The van der Waals surface area contributed by atoms with E-state index in [9.17, 15) is 0 Å². The highest BCUT2D eigenvalue weighted by Gasteiger charge is 2.58. The van der Waals surface area contributed by atoms with E-state index in [1.165, 1.54) is 92.0 Å². The molecule has 4 aliphatic rings. The van der Waals surface area contributed by atoms with Crippen LogP contribution in [-0.2, 0) is 11.8 Å². The summed E-state index contributed by atoms with van der Waals surface area (Å²) in [4.78, 5) is 0. The zero-order chi connectivity index (χ0) is 38.9. The van der Waals surface area contributed by atoms with E-state index in [0.717, 1.165) is 22.9 Å². The van der Waals surface area contributed by atoms with Crippen LogP contribution in [0.25, 0.3) is 22.3 Å². The summed E-state index contributed by atoms with van der Waals surface area (Å²) in [7, 11) is -1.82. The van der Waals surface area contributed by atoms with Crippen LogP contribution in [0.2, 0.25) is 24.2 Å². The van der Waals surface area contributed by atoms with Crippen molar-refractivity contribution < 1.29 is 0 Å². The molecule has 0 spiro atoms. The molecule has 2 saturated carbocycles. The van der Waals surface area contributed by atoms with Gasteiger partial charge < -0.3 is 0 Å². The van der Waals surface area contributed by atoms with Crippen LogP contribution >= 0.6 is 0 Å². The van der Waals surface area contributed by atoms with Crippen molar-refractivity contribution in [1.82, 2.24) is 0 Å². The fraction of sp³-hybridized carbons (Fsp3) is 0.519. The maximum absolute atomic E-state index is 2.87. The quantitative estimate of drug-likeness (QED) is 0.121. The number of rotatable bonds is 13. The Balaban J connectivity index is 1.23. The topological polar surface area (TPSA) is 0 Å². The zero-order valence-corrected chi connectivity index (χ0v) is 37.0. The smallest absolute Gasteiger partial charge is 0.0553 e. The summed E-state index contributed by atoms with van der Waals surface area (Å²) in [5, 5.41) is 0. The predicted molar refractivity (Wildman–Crippen MR) is 244 cm³/mol. The first kappa shape index (κ1) is 40.0. The largest absolute Gasteiger partial charge is 0.0808 e. The van der Waals surface area contributed by atoms with Crippen molar-refractivity contribution in [1.29, 1.82) is 0 Å². The lowest BCUT2D eigenvalue weighted by Crippen LogP contribution is -2.46. The monoisotopic (exact) mass is 749 g/mol. The standard InChI is InChI=1S/C54H72Si/c1-10-12-14-16-26-41-35-50-46(45-28-20-19-27-43(45)39-24-17-15-18-25-39)30-22-32-48(50)53(41)55(8,9)52-37(3)33-49-44(29-21-31-47(49)52)42-34-40(23-13-11-2)38(4)51(36-42)54(5,6)7/h15,17-22,24-25,27-32,34,36-37,41,47-50,52-53H,10-14,16,23,26,33,35H2,1-9H3. The van der Waals surface area contributed by atoms with E-state index in [1.807, 2.05) is 0 Å². The first-order valence-corrected chi connectivity index (χ1v) is 25.7. The van der Waals surface area contributed by atoms with Crippen LogP contribution in [0, 0.1) is 42.4 Å². The Labute approximate surface area is 337 Å². The van der Waals surface area contributed by atoms with Gasteiger partial charge in [0.1, 0.15) is 0 Å². The van der Waals surface area contributed by atoms with E-state index in [1.54, 1.807) is 22.3 Å². The van der Waals surface area contributed by atoms with Gasteiger partial charge in [0.15, 0.2) is 0 Å². The fourth-order valence-electron chi connectivity index (χ4n) is 12.8. The number of hydrogen-bond acceptors (Lipinski definition) is 0. The number of allylic oxidation sites excluding steroid dienone is 8. The summed E-state index contributed by atoms with van der Waals surface area (Å²) in [5.74, 6) is 4.08. The highest BCUT2D eigenvalue weighted by atomic mass is 28.3. The minimum Gasteiger partial charge on any atom is -0.0808 e. The second-order valence-corrected chi connectivity index (χ2v) is 24.9. The van der Waals surface area contributed by atoms with Crippen molar-refractivity contribution in [2.75, 3.05) is 0 Å². The third kappa shape index (κ3) is 7.91. The molecule has 3 aromatic rings. The van der Waals surface area contributed by atoms with Gasteiger partial charge >= 0.3 is 0 Å². The molecule has 0 radical (unpaired) electrons. The van der Waals surface area contributed by atoms with Crippen molar-refractivity contribution in [3.63, 3.8) is 0 Å². The Bertz CT molecular complexity index is 1910. The molecule has 0 saturated heterocycles. The van der Waals surface area contributed by atoms with Gasteiger partial charge in [0.25, 0.3) is 0 Å². The number of benzene rings is 3. The molecule has 2 fully saturated rings. The van der Waals surface area contributed by atoms with Gasteiger partial charge in [-0.3, -0.25) is 0 Å². The minimum atomic E-state index is -1.82. The molecule has 0 heterocycles. The average molecular weight is 749 g/mol. The molecule has 0 aliphatic heterocycles. The Morgan fingerprint density at radius 3 is 2.00 bits per heavy atom. The molecule has 0 nitrogen and oxygen atoms in total. The van der Waals surface area contributed by atoms with Gasteiger partial charge in [-0.05, 0) is 135 Å². The van der Waals surface area contributed by atoms with Gasteiger partial charge in [-0.15, -0.1) is 0 Å². The van der Waals surface area contributed by atoms with Gasteiger partial charge in [0.05, 0.1) is 8.07 Å². The third-order valence-corrected chi connectivity index (χ3v) is 20.3. The summed E-state index contributed by atoms with van der Waals surface area (Å²) in [6, 6.07) is 25.6. The minimum absolute atomic E-state index is 0.138. The van der Waals surface area contributed by atoms with Crippen LogP contribution in [0.3, 0.4) is 0 Å². The van der Waals surface area contributed by atoms with Gasteiger partial charge in [0.2, 0.25) is 0 Å². The first-order chi connectivity index (χ1) is 26.5. The molecule has 8 unspecified atom stereocenters. The molecule has 0 N–H and O–H groups in total. The second kappa shape index (κ2) is 16.7. The van der Waals surface area contributed by atoms with E-state index in [-0.39, 0.29) is 5.41 Å². The molecule has 1 heteroatoms. The van der Waals surface area contributed by atoms with Crippen LogP contribution in [0.1, 0.15) is 127 Å². The number of hydrogen-bond donors (Lipinski definition) is 0. The molecule has 3 aromatic carbocycles. The molecule has 4 aliphatic carbocycles. The number of fused-ring (bicyclic) bond motifs is 2. The average Bonchev–Trinajstić information content (AvgIpc) is 3.74. The van der Waals surface area contributed by atoms with E-state index in [4.69, 9.17) is 0 Å². The second-order valence-electron chi connectivity index (χ2n) is 19.9. The highest BCUT2D eigenvalue weighted by Crippen LogP contribution is 2.65. The summed E-state index contributed by atoms with van der Waals surface area (Å²) in [6.45, 7) is 22.7. The van der Waals surface area contributed by atoms with Gasteiger partial charge in [-0.25, -0.2) is 0 Å². The Hall–Kier alpha value is -3.16. The summed E-state index contributed by atoms with van der Waals surface area (Å²) in [5.41, 5.74) is 15.4. The fourth-order valence-corrected chi connectivity index (χ4v) is 19.0. The number of aryl methyl sites for hydroxylation is 1. The predicted octanol–water partition coefficient (Wildman–Crippen LogP) is 15.9. The molecular weight excluding hydrogens is 677 g/mol. The molecular formula is C54H72Si. The van der Waals surface area contributed by atoms with Crippen molar-refractivity contribution >= 4 is 19.2 Å². The molecule has 0 amide bonds. The van der Waals surface area contributed by atoms with E-state index in [2.05, 4.69) is 165 Å². The molecule has 8 atom stereocenters.